The molecule has 0 fully saturated rings. The minimum atomic E-state index is -0.556. The molecule has 1 aliphatic heterocycles. The molecule has 3 aromatic carbocycles. The van der Waals surface area contributed by atoms with E-state index in [4.69, 9.17) is 9.47 Å². The molecule has 0 aliphatic carbocycles. The van der Waals surface area contributed by atoms with Crippen LogP contribution in [0.3, 0.4) is 0 Å². The summed E-state index contributed by atoms with van der Waals surface area (Å²) < 4.78 is 11.8. The van der Waals surface area contributed by atoms with Crippen molar-refractivity contribution in [3.63, 3.8) is 0 Å². The van der Waals surface area contributed by atoms with Crippen LogP contribution in [0, 0.1) is 13.8 Å². The van der Waals surface area contributed by atoms with Gasteiger partial charge in [0.25, 0.3) is 0 Å². The first-order valence-electron chi connectivity index (χ1n) is 11.0. The summed E-state index contributed by atoms with van der Waals surface area (Å²) in [7, 11) is 0. The van der Waals surface area contributed by atoms with E-state index in [1.165, 1.54) is 22.3 Å². The second-order valence-electron chi connectivity index (χ2n) is 8.36. The van der Waals surface area contributed by atoms with Crippen LogP contribution >= 0.6 is 0 Å². The van der Waals surface area contributed by atoms with Crippen LogP contribution in [0.4, 0.5) is 0 Å². The molecule has 1 heterocycles. The number of hydrogen-bond donors (Lipinski definition) is 2. The summed E-state index contributed by atoms with van der Waals surface area (Å²) in [6, 6.07) is 22.9. The maximum atomic E-state index is 10.3. The zero-order valence-corrected chi connectivity index (χ0v) is 18.3. The van der Waals surface area contributed by atoms with Gasteiger partial charge in [-0.05, 0) is 61.7 Å². The highest BCUT2D eigenvalue weighted by Crippen LogP contribution is 2.39. The highest BCUT2D eigenvalue weighted by atomic mass is 16.5. The average molecular weight is 418 g/mol. The first-order valence-corrected chi connectivity index (χ1v) is 11.0. The van der Waals surface area contributed by atoms with Gasteiger partial charge in [-0.2, -0.15) is 0 Å². The second kappa shape index (κ2) is 9.99. The molecule has 2 atom stereocenters. The van der Waals surface area contributed by atoms with Crippen LogP contribution in [0.15, 0.2) is 66.7 Å². The number of hydrogen-bond acceptors (Lipinski definition) is 4. The molecule has 4 rings (SSSR count). The maximum Gasteiger partial charge on any atom is 0.123 e. The Balaban J connectivity index is 1.35. The summed E-state index contributed by atoms with van der Waals surface area (Å²) in [6.07, 6.45) is 0.377. The molecule has 0 spiro atoms. The van der Waals surface area contributed by atoms with Crippen molar-refractivity contribution in [2.45, 2.75) is 38.9 Å². The molecule has 3 aromatic rings. The van der Waals surface area contributed by atoms with E-state index in [-0.39, 0.29) is 12.5 Å². The number of aryl methyl sites for hydroxylation is 2. The van der Waals surface area contributed by atoms with E-state index in [2.05, 4.69) is 54.7 Å². The van der Waals surface area contributed by atoms with Gasteiger partial charge in [0.05, 0.1) is 0 Å². The molecule has 0 saturated carbocycles. The molecule has 2 unspecified atom stereocenters. The van der Waals surface area contributed by atoms with E-state index in [9.17, 15) is 5.11 Å². The minimum Gasteiger partial charge on any atom is -0.491 e. The average Bonchev–Trinajstić information content (AvgIpc) is 2.92. The van der Waals surface area contributed by atoms with Crippen molar-refractivity contribution in [2.24, 2.45) is 0 Å². The molecule has 0 radical (unpaired) electrons. The monoisotopic (exact) mass is 417 g/mol. The molecule has 162 valence electrons. The minimum absolute atomic E-state index is 0.266. The fraction of sp³-hybridized carbons (Fsp3) is 0.333. The Morgan fingerprint density at radius 1 is 1.00 bits per heavy atom. The fourth-order valence-electron chi connectivity index (χ4n) is 4.18. The molecule has 1 aliphatic rings. The molecule has 0 bridgehead atoms. The number of aliphatic hydroxyl groups is 1. The molecule has 4 nitrogen and oxygen atoms in total. The van der Waals surface area contributed by atoms with E-state index in [1.807, 2.05) is 31.2 Å². The summed E-state index contributed by atoms with van der Waals surface area (Å²) in [5.74, 6) is 2.03. The Bertz CT molecular complexity index is 1020. The van der Waals surface area contributed by atoms with Crippen molar-refractivity contribution in [1.29, 1.82) is 0 Å². The van der Waals surface area contributed by atoms with Gasteiger partial charge in [0.2, 0.25) is 0 Å². The lowest BCUT2D eigenvalue weighted by atomic mass is 9.85. The molecule has 31 heavy (non-hydrogen) atoms. The molecule has 2 N–H and O–H groups in total. The lowest BCUT2D eigenvalue weighted by Gasteiger charge is -2.20. The summed E-state index contributed by atoms with van der Waals surface area (Å²) in [5.41, 5.74) is 6.21. The Morgan fingerprint density at radius 2 is 1.84 bits per heavy atom. The van der Waals surface area contributed by atoms with E-state index < -0.39 is 6.10 Å². The van der Waals surface area contributed by atoms with E-state index in [0.29, 0.717) is 13.2 Å². The van der Waals surface area contributed by atoms with Crippen LogP contribution < -0.4 is 14.8 Å². The van der Waals surface area contributed by atoms with Crippen molar-refractivity contribution in [1.82, 2.24) is 5.32 Å². The van der Waals surface area contributed by atoms with Crippen LogP contribution in [0.1, 0.15) is 40.2 Å². The first kappa shape index (κ1) is 21.4. The van der Waals surface area contributed by atoms with Crippen LogP contribution in [-0.4, -0.2) is 30.9 Å². The normalized spacial score (nSPS) is 15.9. The van der Waals surface area contributed by atoms with Crippen LogP contribution in [0.5, 0.6) is 11.5 Å². The molecule has 0 saturated heterocycles. The standard InChI is InChI=1S/C27H31NO3/c1-19-6-5-8-23(14-19)30-18-22(29)16-28-13-12-25-24-9-4-3-7-21(24)17-31-27-11-10-20(2)15-26(25)27/h3-11,14-15,22,25,28-29H,12-13,16-18H2,1-2H3. The maximum absolute atomic E-state index is 10.3. The highest BCUT2D eigenvalue weighted by molar-refractivity contribution is 5.48. The lowest BCUT2D eigenvalue weighted by molar-refractivity contribution is 0.106. The second-order valence-corrected chi connectivity index (χ2v) is 8.36. The third-order valence-electron chi connectivity index (χ3n) is 5.78. The molecule has 0 aromatic heterocycles. The summed E-state index contributed by atoms with van der Waals surface area (Å²) in [6.45, 7) is 6.33. The van der Waals surface area contributed by atoms with Crippen molar-refractivity contribution in [3.05, 3.63) is 94.5 Å². The lowest BCUT2D eigenvalue weighted by Crippen LogP contribution is -2.32. The SMILES string of the molecule is Cc1cccc(OCC(O)CNCCC2c3ccccc3COc3ccc(C)cc32)c1. The van der Waals surface area contributed by atoms with Gasteiger partial charge in [0.1, 0.15) is 30.8 Å². The molecular formula is C27H31NO3. The largest absolute Gasteiger partial charge is 0.491 e. The van der Waals surface area contributed by atoms with Crippen molar-refractivity contribution in [3.8, 4) is 11.5 Å². The predicted octanol–water partition coefficient (Wildman–Crippen LogP) is 4.75. The molecule has 0 amide bonds. The fourth-order valence-corrected chi connectivity index (χ4v) is 4.18. The number of ether oxygens (including phenoxy) is 2. The van der Waals surface area contributed by atoms with Gasteiger partial charge >= 0.3 is 0 Å². The van der Waals surface area contributed by atoms with E-state index >= 15 is 0 Å². The number of rotatable bonds is 8. The number of fused-ring (bicyclic) bond motifs is 2. The van der Waals surface area contributed by atoms with Gasteiger partial charge in [0, 0.05) is 18.0 Å². The van der Waals surface area contributed by atoms with Gasteiger partial charge in [-0.3, -0.25) is 0 Å². The molecular weight excluding hydrogens is 386 g/mol. The molecule has 4 heteroatoms. The van der Waals surface area contributed by atoms with E-state index in [1.54, 1.807) is 0 Å². The summed E-state index contributed by atoms with van der Waals surface area (Å²) >= 11 is 0. The van der Waals surface area contributed by atoms with Crippen LogP contribution in [-0.2, 0) is 6.61 Å². The Morgan fingerprint density at radius 3 is 2.71 bits per heavy atom. The Hall–Kier alpha value is -2.82. The highest BCUT2D eigenvalue weighted by Gasteiger charge is 2.24. The van der Waals surface area contributed by atoms with Crippen molar-refractivity contribution in [2.75, 3.05) is 19.7 Å². The summed E-state index contributed by atoms with van der Waals surface area (Å²) in [5, 5.41) is 13.7. The van der Waals surface area contributed by atoms with Crippen molar-refractivity contribution >= 4 is 0 Å². The quantitative estimate of drug-likeness (QED) is 0.520. The van der Waals surface area contributed by atoms with Crippen LogP contribution in [0.25, 0.3) is 0 Å². The zero-order chi connectivity index (χ0) is 21.6. The predicted molar refractivity (Wildman–Crippen MR) is 124 cm³/mol. The topological polar surface area (TPSA) is 50.7 Å². The third kappa shape index (κ3) is 5.46. The van der Waals surface area contributed by atoms with E-state index in [0.717, 1.165) is 30.0 Å². The van der Waals surface area contributed by atoms with Gasteiger partial charge in [-0.1, -0.05) is 54.1 Å². The third-order valence-corrected chi connectivity index (χ3v) is 5.78. The van der Waals surface area contributed by atoms with Crippen molar-refractivity contribution < 1.29 is 14.6 Å². The Labute approximate surface area is 184 Å². The number of aliphatic hydroxyl groups excluding tert-OH is 1. The number of nitrogens with one attached hydrogen (secondary N) is 1. The van der Waals surface area contributed by atoms with Gasteiger partial charge in [0.15, 0.2) is 0 Å². The van der Waals surface area contributed by atoms with Gasteiger partial charge in [-0.15, -0.1) is 0 Å². The number of benzene rings is 3. The summed E-state index contributed by atoms with van der Waals surface area (Å²) in [4.78, 5) is 0. The van der Waals surface area contributed by atoms with Gasteiger partial charge < -0.3 is 19.9 Å². The Kier molecular flexibility index (Phi) is 6.90. The first-order chi connectivity index (χ1) is 15.1. The smallest absolute Gasteiger partial charge is 0.123 e. The van der Waals surface area contributed by atoms with Gasteiger partial charge in [-0.25, -0.2) is 0 Å². The van der Waals surface area contributed by atoms with Crippen LogP contribution in [0.2, 0.25) is 0 Å². The zero-order valence-electron chi connectivity index (χ0n) is 18.3.